The van der Waals surface area contributed by atoms with E-state index in [9.17, 15) is 28.9 Å². The Bertz CT molecular complexity index is 1660. The molecule has 11 nitrogen and oxygen atoms in total. The Hall–Kier alpha value is -3.86. The van der Waals surface area contributed by atoms with Gasteiger partial charge in [-0.1, -0.05) is 207 Å². The van der Waals surface area contributed by atoms with Gasteiger partial charge in [0.15, 0.2) is 6.10 Å². The van der Waals surface area contributed by atoms with E-state index in [1.54, 1.807) is 0 Å². The molecule has 0 amide bonds. The van der Waals surface area contributed by atoms with Gasteiger partial charge in [-0.15, -0.1) is 0 Å². The van der Waals surface area contributed by atoms with Crippen molar-refractivity contribution in [3.63, 3.8) is 0 Å². The molecule has 422 valence electrons. The van der Waals surface area contributed by atoms with Crippen molar-refractivity contribution in [3.8, 4) is 0 Å². The van der Waals surface area contributed by atoms with Crippen LogP contribution in [0.25, 0.3) is 0 Å². The van der Waals surface area contributed by atoms with Crippen molar-refractivity contribution in [1.82, 2.24) is 0 Å². The number of allylic oxidation sites excluding steroid dienone is 18. The Morgan fingerprint density at radius 1 is 0.392 bits per heavy atom. The SMILES string of the molecule is CC/C=C\C/C=C\C/C=C\C/C=C\C/C=C\C/C=C\CCC(=O)OC(COC(=O)CCCCCCC/C=C\CCCC)COP(=O)(O)OCC(CO)OC(=O)CCCCCCCCC/C=C\C/C=C\CCCCC. The zero-order valence-electron chi connectivity index (χ0n) is 46.5. The van der Waals surface area contributed by atoms with E-state index >= 15 is 0 Å². The van der Waals surface area contributed by atoms with Crippen LogP contribution in [-0.4, -0.2) is 66.5 Å². The minimum atomic E-state index is -4.78. The van der Waals surface area contributed by atoms with Gasteiger partial charge in [-0.25, -0.2) is 4.57 Å². The smallest absolute Gasteiger partial charge is 0.462 e. The Balaban J connectivity index is 4.80. The number of phosphoric ester groups is 1. The number of hydrogen-bond acceptors (Lipinski definition) is 10. The normalized spacial score (nSPS) is 14.2. The molecule has 0 aliphatic carbocycles. The van der Waals surface area contributed by atoms with Crippen LogP contribution < -0.4 is 0 Å². The van der Waals surface area contributed by atoms with Gasteiger partial charge in [0.05, 0.1) is 19.8 Å². The van der Waals surface area contributed by atoms with Gasteiger partial charge in [-0.3, -0.25) is 23.4 Å². The van der Waals surface area contributed by atoms with Gasteiger partial charge in [0.1, 0.15) is 12.7 Å². The molecule has 0 radical (unpaired) electrons. The van der Waals surface area contributed by atoms with E-state index in [2.05, 4.69) is 118 Å². The van der Waals surface area contributed by atoms with Crippen LogP contribution >= 0.6 is 7.82 Å². The molecule has 0 aromatic heterocycles. The van der Waals surface area contributed by atoms with Crippen molar-refractivity contribution >= 4 is 25.7 Å². The molecule has 0 saturated heterocycles. The van der Waals surface area contributed by atoms with Crippen LogP contribution in [0.4, 0.5) is 0 Å². The molecule has 0 aromatic carbocycles. The lowest BCUT2D eigenvalue weighted by Crippen LogP contribution is -2.30. The predicted octanol–water partition coefficient (Wildman–Crippen LogP) is 17.0. The van der Waals surface area contributed by atoms with Gasteiger partial charge in [0.2, 0.25) is 0 Å². The Labute approximate surface area is 450 Å². The topological polar surface area (TPSA) is 155 Å². The lowest BCUT2D eigenvalue weighted by molar-refractivity contribution is -0.161. The monoisotopic (exact) mass is 1050 g/mol. The number of esters is 3. The number of rotatable bonds is 52. The summed E-state index contributed by atoms with van der Waals surface area (Å²) in [5.41, 5.74) is 0. The van der Waals surface area contributed by atoms with Gasteiger partial charge < -0.3 is 24.2 Å². The van der Waals surface area contributed by atoms with Crippen LogP contribution in [0, 0.1) is 0 Å². The summed E-state index contributed by atoms with van der Waals surface area (Å²) in [5.74, 6) is -1.59. The maximum atomic E-state index is 12.9. The molecule has 2 N–H and O–H groups in total. The molecule has 74 heavy (non-hydrogen) atoms. The molecule has 0 fully saturated rings. The molecule has 0 rings (SSSR count). The molecule has 3 unspecified atom stereocenters. The van der Waals surface area contributed by atoms with Crippen molar-refractivity contribution in [2.75, 3.05) is 26.4 Å². The lowest BCUT2D eigenvalue weighted by Gasteiger charge is -2.21. The average Bonchev–Trinajstić information content (AvgIpc) is 3.39. The number of aliphatic hydroxyl groups is 1. The van der Waals surface area contributed by atoms with Crippen LogP contribution in [-0.2, 0) is 42.2 Å². The Morgan fingerprint density at radius 2 is 0.743 bits per heavy atom. The summed E-state index contributed by atoms with van der Waals surface area (Å²) in [6.45, 7) is 4.35. The molecule has 12 heteroatoms. The van der Waals surface area contributed by atoms with E-state index in [1.807, 2.05) is 12.2 Å². The third-order valence-corrected chi connectivity index (χ3v) is 12.6. The second kappa shape index (κ2) is 55.4. The third kappa shape index (κ3) is 53.0. The van der Waals surface area contributed by atoms with Crippen LogP contribution in [0.2, 0.25) is 0 Å². The molecular weight excluding hydrogens is 952 g/mol. The number of phosphoric acid groups is 1. The fourth-order valence-electron chi connectivity index (χ4n) is 7.27. The first-order chi connectivity index (χ1) is 36.2. The zero-order valence-corrected chi connectivity index (χ0v) is 47.4. The Morgan fingerprint density at radius 3 is 1.22 bits per heavy atom. The second-order valence-electron chi connectivity index (χ2n) is 18.7. The number of hydrogen-bond donors (Lipinski definition) is 2. The van der Waals surface area contributed by atoms with Gasteiger partial charge in [-0.2, -0.15) is 0 Å². The van der Waals surface area contributed by atoms with E-state index in [0.29, 0.717) is 25.7 Å². The van der Waals surface area contributed by atoms with Gasteiger partial charge >= 0.3 is 25.7 Å². The molecule has 0 aromatic rings. The molecule has 3 atom stereocenters. The molecule has 0 spiro atoms. The van der Waals surface area contributed by atoms with E-state index in [0.717, 1.165) is 109 Å². The lowest BCUT2D eigenvalue weighted by atomic mass is 10.1. The van der Waals surface area contributed by atoms with E-state index in [-0.39, 0.29) is 25.9 Å². The maximum Gasteiger partial charge on any atom is 0.472 e. The Kier molecular flexibility index (Phi) is 52.5. The average molecular weight is 1060 g/mol. The number of carbonyl (C=O) groups is 3. The molecule has 0 heterocycles. The quantitative estimate of drug-likeness (QED) is 0.0197. The first kappa shape index (κ1) is 70.1. The van der Waals surface area contributed by atoms with E-state index in [4.69, 9.17) is 23.3 Å². The fraction of sp³-hybridized carbons (Fsp3) is 0.661. The summed E-state index contributed by atoms with van der Waals surface area (Å²) in [4.78, 5) is 48.4. The van der Waals surface area contributed by atoms with Crippen molar-refractivity contribution < 1.29 is 52.2 Å². The first-order valence-corrected chi connectivity index (χ1v) is 30.3. The third-order valence-electron chi connectivity index (χ3n) is 11.7. The second-order valence-corrected chi connectivity index (χ2v) is 20.2. The largest absolute Gasteiger partial charge is 0.472 e. The molecule has 0 aliphatic heterocycles. The van der Waals surface area contributed by atoms with Crippen LogP contribution in [0.1, 0.15) is 226 Å². The summed E-state index contributed by atoms with van der Waals surface area (Å²) in [7, 11) is -4.78. The predicted molar refractivity (Wildman–Crippen MR) is 307 cm³/mol. The van der Waals surface area contributed by atoms with Crippen molar-refractivity contribution in [1.29, 1.82) is 0 Å². The molecular formula is C62H103O11P. The molecule has 0 aliphatic rings. The highest BCUT2D eigenvalue weighted by atomic mass is 31.2. The summed E-state index contributed by atoms with van der Waals surface area (Å²) in [5, 5.41) is 9.81. The number of ether oxygens (including phenoxy) is 3. The highest BCUT2D eigenvalue weighted by Gasteiger charge is 2.28. The minimum Gasteiger partial charge on any atom is -0.462 e. The van der Waals surface area contributed by atoms with E-state index in [1.165, 1.54) is 51.4 Å². The van der Waals surface area contributed by atoms with Crippen LogP contribution in [0.15, 0.2) is 109 Å². The van der Waals surface area contributed by atoms with Crippen LogP contribution in [0.5, 0.6) is 0 Å². The molecule has 0 saturated carbocycles. The van der Waals surface area contributed by atoms with Gasteiger partial charge in [0, 0.05) is 19.3 Å². The van der Waals surface area contributed by atoms with Crippen molar-refractivity contribution in [2.24, 2.45) is 0 Å². The zero-order chi connectivity index (χ0) is 54.1. The van der Waals surface area contributed by atoms with E-state index < -0.39 is 57.8 Å². The number of unbranched alkanes of at least 4 members (excludes halogenated alkanes) is 17. The number of aliphatic hydroxyl groups excluding tert-OH is 1. The first-order valence-electron chi connectivity index (χ1n) is 28.8. The van der Waals surface area contributed by atoms with Crippen molar-refractivity contribution in [2.45, 2.75) is 238 Å². The summed E-state index contributed by atoms with van der Waals surface area (Å²) >= 11 is 0. The minimum absolute atomic E-state index is 0.0356. The summed E-state index contributed by atoms with van der Waals surface area (Å²) in [6, 6.07) is 0. The van der Waals surface area contributed by atoms with Gasteiger partial charge in [0.25, 0.3) is 0 Å². The molecule has 0 bridgehead atoms. The highest BCUT2D eigenvalue weighted by Crippen LogP contribution is 2.43. The maximum absolute atomic E-state index is 12.9. The van der Waals surface area contributed by atoms with Gasteiger partial charge in [-0.05, 0) is 109 Å². The highest BCUT2D eigenvalue weighted by molar-refractivity contribution is 7.47. The van der Waals surface area contributed by atoms with Crippen LogP contribution in [0.3, 0.4) is 0 Å². The number of carbonyl (C=O) groups excluding carboxylic acids is 3. The van der Waals surface area contributed by atoms with Crippen molar-refractivity contribution in [3.05, 3.63) is 109 Å². The standard InChI is InChI=1S/C62H103O11P/c1-4-7-10-13-16-19-22-24-26-28-29-31-33-35-38-41-44-47-50-53-62(66)73-59(55-69-60(64)51-48-45-42-39-36-21-18-15-12-9-6-3)57-71-74(67,68)70-56-58(54-63)72-61(65)52-49-46-43-40-37-34-32-30-27-25-23-20-17-14-11-8-5-2/h7,10,15-20,24-27,29,31,35,38,44,47,58-59,63H,4-6,8-9,11-14,21-23,28,30,32-34,36-37,39-43,45-46,48-57H2,1-3H3,(H,67,68)/b10-7-,18-15-,19-16-,20-17-,26-24-,27-25-,31-29-,38-35-,47-44-. The summed E-state index contributed by atoms with van der Waals surface area (Å²) < 4.78 is 39.4. The summed E-state index contributed by atoms with van der Waals surface area (Å²) in [6.07, 6.45) is 66.3. The fourth-order valence-corrected chi connectivity index (χ4v) is 8.06.